The number of rotatable bonds is 3. The van der Waals surface area contributed by atoms with Crippen molar-refractivity contribution in [1.82, 2.24) is 5.32 Å². The Morgan fingerprint density at radius 3 is 2.56 bits per heavy atom. The monoisotopic (exact) mass is 225 g/mol. The highest BCUT2D eigenvalue weighted by atomic mass is 16.5. The van der Waals surface area contributed by atoms with Crippen molar-refractivity contribution in [3.63, 3.8) is 0 Å². The van der Waals surface area contributed by atoms with Gasteiger partial charge in [-0.25, -0.2) is 0 Å². The first-order valence-electron chi connectivity index (χ1n) is 7.08. The van der Waals surface area contributed by atoms with Gasteiger partial charge in [-0.15, -0.1) is 0 Å². The van der Waals surface area contributed by atoms with E-state index in [1.54, 1.807) is 0 Å². The van der Waals surface area contributed by atoms with Crippen LogP contribution >= 0.6 is 0 Å². The van der Waals surface area contributed by atoms with Crippen molar-refractivity contribution in [3.05, 3.63) is 0 Å². The second kappa shape index (κ2) is 6.02. The van der Waals surface area contributed by atoms with E-state index < -0.39 is 0 Å². The number of hydrogen-bond acceptors (Lipinski definition) is 2. The standard InChI is InChI=1S/C14H27NO/c1-11-6-3-4-9-14(11)15-12-7-5-8-13(10-12)16-2/h11-15H,3-10H2,1-2H3. The van der Waals surface area contributed by atoms with Crippen LogP contribution in [0.2, 0.25) is 0 Å². The highest BCUT2D eigenvalue weighted by molar-refractivity contribution is 4.85. The van der Waals surface area contributed by atoms with Gasteiger partial charge in [0, 0.05) is 19.2 Å². The molecule has 16 heavy (non-hydrogen) atoms. The Morgan fingerprint density at radius 2 is 1.81 bits per heavy atom. The van der Waals surface area contributed by atoms with E-state index in [1.807, 2.05) is 7.11 Å². The molecule has 2 nitrogen and oxygen atoms in total. The molecule has 0 aliphatic heterocycles. The molecule has 0 bridgehead atoms. The summed E-state index contributed by atoms with van der Waals surface area (Å²) in [5.74, 6) is 0.872. The molecular weight excluding hydrogens is 198 g/mol. The molecule has 0 heterocycles. The van der Waals surface area contributed by atoms with Crippen molar-refractivity contribution in [2.75, 3.05) is 7.11 Å². The number of hydrogen-bond donors (Lipinski definition) is 1. The molecule has 0 aromatic rings. The summed E-state index contributed by atoms with van der Waals surface area (Å²) in [5, 5.41) is 3.89. The molecule has 0 aromatic heterocycles. The molecule has 94 valence electrons. The highest BCUT2D eigenvalue weighted by Gasteiger charge is 2.27. The molecule has 2 heteroatoms. The van der Waals surface area contributed by atoms with Gasteiger partial charge in [-0.1, -0.05) is 19.8 Å². The lowest BCUT2D eigenvalue weighted by atomic mass is 9.84. The third-order valence-electron chi connectivity index (χ3n) is 4.52. The van der Waals surface area contributed by atoms with Gasteiger partial charge in [-0.05, 0) is 44.4 Å². The Labute approximate surface area is 100 Å². The predicted molar refractivity (Wildman–Crippen MR) is 67.6 cm³/mol. The summed E-state index contributed by atoms with van der Waals surface area (Å²) in [5.41, 5.74) is 0. The Hall–Kier alpha value is -0.0800. The smallest absolute Gasteiger partial charge is 0.0586 e. The topological polar surface area (TPSA) is 21.3 Å². The molecule has 2 rings (SSSR count). The quantitative estimate of drug-likeness (QED) is 0.797. The molecular formula is C14H27NO. The van der Waals surface area contributed by atoms with Gasteiger partial charge >= 0.3 is 0 Å². The second-order valence-electron chi connectivity index (χ2n) is 5.76. The Balaban J connectivity index is 1.79. The zero-order chi connectivity index (χ0) is 11.4. The van der Waals surface area contributed by atoms with E-state index in [2.05, 4.69) is 12.2 Å². The molecule has 0 saturated heterocycles. The summed E-state index contributed by atoms with van der Waals surface area (Å²) in [6, 6.07) is 1.48. The Bertz CT molecular complexity index is 207. The van der Waals surface area contributed by atoms with Crippen molar-refractivity contribution >= 4 is 0 Å². The molecule has 4 atom stereocenters. The molecule has 0 spiro atoms. The summed E-state index contributed by atoms with van der Waals surface area (Å²) < 4.78 is 5.50. The van der Waals surface area contributed by atoms with Crippen LogP contribution in [-0.2, 0) is 4.74 Å². The molecule has 0 aromatic carbocycles. The zero-order valence-corrected chi connectivity index (χ0v) is 10.9. The van der Waals surface area contributed by atoms with Crippen LogP contribution in [0.5, 0.6) is 0 Å². The fourth-order valence-electron chi connectivity index (χ4n) is 3.38. The molecule has 2 saturated carbocycles. The van der Waals surface area contributed by atoms with Crippen molar-refractivity contribution < 1.29 is 4.74 Å². The number of methoxy groups -OCH3 is 1. The fourth-order valence-corrected chi connectivity index (χ4v) is 3.38. The van der Waals surface area contributed by atoms with Crippen LogP contribution in [0.1, 0.15) is 58.3 Å². The fraction of sp³-hybridized carbons (Fsp3) is 1.00. The Kier molecular flexibility index (Phi) is 4.66. The molecule has 0 amide bonds. The zero-order valence-electron chi connectivity index (χ0n) is 10.9. The van der Waals surface area contributed by atoms with Gasteiger partial charge in [-0.2, -0.15) is 0 Å². The number of nitrogens with one attached hydrogen (secondary N) is 1. The summed E-state index contributed by atoms with van der Waals surface area (Å²) in [6.07, 6.45) is 11.3. The predicted octanol–water partition coefficient (Wildman–Crippen LogP) is 3.11. The maximum atomic E-state index is 5.50. The van der Waals surface area contributed by atoms with Crippen LogP contribution < -0.4 is 5.32 Å². The molecule has 0 radical (unpaired) electrons. The summed E-state index contributed by atoms with van der Waals surface area (Å²) in [6.45, 7) is 2.41. The van der Waals surface area contributed by atoms with Crippen LogP contribution in [0, 0.1) is 5.92 Å². The van der Waals surface area contributed by atoms with Gasteiger partial charge in [0.15, 0.2) is 0 Å². The van der Waals surface area contributed by atoms with E-state index in [0.717, 1.165) is 12.0 Å². The second-order valence-corrected chi connectivity index (χ2v) is 5.76. The van der Waals surface area contributed by atoms with Crippen LogP contribution in [-0.4, -0.2) is 25.3 Å². The van der Waals surface area contributed by atoms with E-state index in [9.17, 15) is 0 Å². The van der Waals surface area contributed by atoms with Gasteiger partial charge in [0.05, 0.1) is 6.10 Å². The summed E-state index contributed by atoms with van der Waals surface area (Å²) in [7, 11) is 1.86. The van der Waals surface area contributed by atoms with Crippen LogP contribution in [0.25, 0.3) is 0 Å². The van der Waals surface area contributed by atoms with E-state index in [4.69, 9.17) is 4.74 Å². The number of ether oxygens (including phenoxy) is 1. The van der Waals surface area contributed by atoms with Gasteiger partial charge in [0.2, 0.25) is 0 Å². The maximum absolute atomic E-state index is 5.50. The van der Waals surface area contributed by atoms with Crippen molar-refractivity contribution in [3.8, 4) is 0 Å². The summed E-state index contributed by atoms with van der Waals surface area (Å²) >= 11 is 0. The molecule has 2 aliphatic rings. The lowest BCUT2D eigenvalue weighted by molar-refractivity contribution is 0.0540. The van der Waals surface area contributed by atoms with E-state index in [0.29, 0.717) is 12.1 Å². The minimum atomic E-state index is 0.505. The minimum absolute atomic E-state index is 0.505. The minimum Gasteiger partial charge on any atom is -0.381 e. The van der Waals surface area contributed by atoms with Crippen LogP contribution in [0.3, 0.4) is 0 Å². The first kappa shape index (κ1) is 12.4. The van der Waals surface area contributed by atoms with Crippen LogP contribution in [0.4, 0.5) is 0 Å². The molecule has 2 aliphatic carbocycles. The van der Waals surface area contributed by atoms with E-state index in [1.165, 1.54) is 51.4 Å². The van der Waals surface area contributed by atoms with Gasteiger partial charge in [-0.3, -0.25) is 0 Å². The van der Waals surface area contributed by atoms with Gasteiger partial charge < -0.3 is 10.1 Å². The maximum Gasteiger partial charge on any atom is 0.0586 e. The van der Waals surface area contributed by atoms with Crippen molar-refractivity contribution in [1.29, 1.82) is 0 Å². The first-order chi connectivity index (χ1) is 7.79. The van der Waals surface area contributed by atoms with Gasteiger partial charge in [0.25, 0.3) is 0 Å². The lowest BCUT2D eigenvalue weighted by Crippen LogP contribution is -2.46. The van der Waals surface area contributed by atoms with E-state index >= 15 is 0 Å². The third-order valence-corrected chi connectivity index (χ3v) is 4.52. The summed E-state index contributed by atoms with van der Waals surface area (Å²) in [4.78, 5) is 0. The van der Waals surface area contributed by atoms with Crippen LogP contribution in [0.15, 0.2) is 0 Å². The molecule has 2 fully saturated rings. The Morgan fingerprint density at radius 1 is 1.00 bits per heavy atom. The molecule has 1 N–H and O–H groups in total. The third kappa shape index (κ3) is 3.21. The normalized spacial score (nSPS) is 40.9. The molecule has 4 unspecified atom stereocenters. The first-order valence-corrected chi connectivity index (χ1v) is 7.08. The highest BCUT2D eigenvalue weighted by Crippen LogP contribution is 2.27. The van der Waals surface area contributed by atoms with E-state index in [-0.39, 0.29) is 0 Å². The van der Waals surface area contributed by atoms with Crippen molar-refractivity contribution in [2.45, 2.75) is 76.5 Å². The van der Waals surface area contributed by atoms with Gasteiger partial charge in [0.1, 0.15) is 0 Å². The SMILES string of the molecule is COC1CCCC(NC2CCCCC2C)C1. The average Bonchev–Trinajstić information content (AvgIpc) is 2.32. The lowest BCUT2D eigenvalue weighted by Gasteiger charge is -2.36. The average molecular weight is 225 g/mol. The largest absolute Gasteiger partial charge is 0.381 e. The van der Waals surface area contributed by atoms with Crippen molar-refractivity contribution in [2.24, 2.45) is 5.92 Å².